The molecule has 2 aromatic rings. The summed E-state index contributed by atoms with van der Waals surface area (Å²) in [7, 11) is 0. The van der Waals surface area contributed by atoms with Crippen LogP contribution in [0, 0.1) is 5.82 Å². The highest BCUT2D eigenvalue weighted by molar-refractivity contribution is 6.11. The van der Waals surface area contributed by atoms with Crippen molar-refractivity contribution >= 4 is 28.3 Å². The maximum Gasteiger partial charge on any atom is 0.341 e. The number of benzene rings is 1. The molecule has 154 valence electrons. The second-order valence-corrected chi connectivity index (χ2v) is 7.77. The number of carbonyl (C=O) groups is 2. The molecule has 0 atom stereocenters. The van der Waals surface area contributed by atoms with Gasteiger partial charge in [0.05, 0.1) is 22.2 Å². The second-order valence-electron chi connectivity index (χ2n) is 7.77. The van der Waals surface area contributed by atoms with E-state index in [1.54, 1.807) is 4.57 Å². The number of carboxylic acids is 1. The van der Waals surface area contributed by atoms with Crippen LogP contribution in [0.1, 0.15) is 53.4 Å². The van der Waals surface area contributed by atoms with E-state index in [1.807, 2.05) is 4.90 Å². The zero-order valence-electron chi connectivity index (χ0n) is 16.6. The number of hydrogen-bond donors (Lipinski definition) is 1. The quantitative estimate of drug-likeness (QED) is 0.776. The molecule has 0 unspecified atom stereocenters. The van der Waals surface area contributed by atoms with E-state index in [1.165, 1.54) is 13.1 Å². The summed E-state index contributed by atoms with van der Waals surface area (Å²) in [5.41, 5.74) is -0.413. The molecule has 0 radical (unpaired) electrons. The average molecular weight is 401 g/mol. The van der Waals surface area contributed by atoms with Crippen LogP contribution in [0.15, 0.2) is 17.1 Å². The number of carbonyl (C=O) groups excluding carboxylic acids is 1. The van der Waals surface area contributed by atoms with E-state index in [2.05, 4.69) is 11.8 Å². The van der Waals surface area contributed by atoms with Gasteiger partial charge in [0.15, 0.2) is 5.78 Å². The number of halogens is 1. The van der Waals surface area contributed by atoms with Gasteiger partial charge in [0.25, 0.3) is 0 Å². The molecule has 0 spiro atoms. The molecule has 29 heavy (non-hydrogen) atoms. The van der Waals surface area contributed by atoms with E-state index in [0.717, 1.165) is 38.5 Å². The number of aromatic nitrogens is 1. The Balaban J connectivity index is 2.00. The summed E-state index contributed by atoms with van der Waals surface area (Å²) in [6.07, 6.45) is 2.97. The Hall–Kier alpha value is -2.74. The lowest BCUT2D eigenvalue weighted by Crippen LogP contribution is -2.47. The topological polar surface area (TPSA) is 82.8 Å². The van der Waals surface area contributed by atoms with Gasteiger partial charge in [-0.05, 0) is 32.4 Å². The lowest BCUT2D eigenvalue weighted by atomic mass is 10.00. The van der Waals surface area contributed by atoms with Crippen LogP contribution in [-0.4, -0.2) is 59.0 Å². The SMILES string of the molecule is CCN1CCN(c2c(F)cc3c(=O)c(C(=O)O)cn(C4CC4)c3c2C(C)=O)CC1. The third-order valence-corrected chi connectivity index (χ3v) is 5.90. The molecule has 0 amide bonds. The number of likely N-dealkylation sites (N-methyl/N-ethyl adjacent to an activating group) is 1. The molecular formula is C21H24FN3O4. The van der Waals surface area contributed by atoms with Crippen molar-refractivity contribution in [3.05, 3.63) is 39.4 Å². The molecule has 1 aliphatic heterocycles. The number of Topliss-reactive ketones (excluding diaryl/α,β-unsaturated/α-hetero) is 1. The summed E-state index contributed by atoms with van der Waals surface area (Å²) < 4.78 is 17.0. The number of hydrogen-bond acceptors (Lipinski definition) is 5. The number of anilines is 1. The number of rotatable bonds is 5. The first-order valence-electron chi connectivity index (χ1n) is 9.96. The van der Waals surface area contributed by atoms with Gasteiger partial charge in [0, 0.05) is 38.4 Å². The van der Waals surface area contributed by atoms with E-state index in [4.69, 9.17) is 0 Å². The smallest absolute Gasteiger partial charge is 0.341 e. The fourth-order valence-corrected chi connectivity index (χ4v) is 4.20. The van der Waals surface area contributed by atoms with Crippen LogP contribution in [0.3, 0.4) is 0 Å². The zero-order chi connectivity index (χ0) is 20.9. The highest BCUT2D eigenvalue weighted by atomic mass is 19.1. The molecule has 1 aromatic heterocycles. The van der Waals surface area contributed by atoms with E-state index in [-0.39, 0.29) is 28.5 Å². The minimum atomic E-state index is -1.35. The Bertz CT molecular complexity index is 1070. The summed E-state index contributed by atoms with van der Waals surface area (Å²) in [5.74, 6) is -2.34. The molecule has 0 bridgehead atoms. The molecule has 4 rings (SSSR count). The predicted octanol–water partition coefficient (Wildman–Crippen LogP) is 2.52. The molecule has 1 aromatic carbocycles. The minimum absolute atomic E-state index is 0.0181. The average Bonchev–Trinajstić information content (AvgIpc) is 3.52. The van der Waals surface area contributed by atoms with Gasteiger partial charge < -0.3 is 19.5 Å². The maximum absolute atomic E-state index is 15.3. The van der Waals surface area contributed by atoms with Crippen LogP contribution in [0.4, 0.5) is 10.1 Å². The van der Waals surface area contributed by atoms with Gasteiger partial charge in [0.1, 0.15) is 11.4 Å². The van der Waals surface area contributed by atoms with E-state index in [0.29, 0.717) is 18.6 Å². The first-order valence-corrected chi connectivity index (χ1v) is 9.96. The molecule has 2 fully saturated rings. The number of nitrogens with zero attached hydrogens (tertiary/aromatic N) is 3. The first-order chi connectivity index (χ1) is 13.8. The van der Waals surface area contributed by atoms with Crippen molar-refractivity contribution < 1.29 is 19.1 Å². The van der Waals surface area contributed by atoms with Gasteiger partial charge >= 0.3 is 5.97 Å². The molecule has 2 heterocycles. The lowest BCUT2D eigenvalue weighted by Gasteiger charge is -2.36. The van der Waals surface area contributed by atoms with Crippen LogP contribution in [0.2, 0.25) is 0 Å². The van der Waals surface area contributed by atoms with Crippen molar-refractivity contribution in [3.8, 4) is 0 Å². The monoisotopic (exact) mass is 401 g/mol. The fourth-order valence-electron chi connectivity index (χ4n) is 4.20. The molecule has 2 aliphatic rings. The summed E-state index contributed by atoms with van der Waals surface area (Å²) in [4.78, 5) is 41.1. The minimum Gasteiger partial charge on any atom is -0.477 e. The van der Waals surface area contributed by atoms with Crippen molar-refractivity contribution in [2.45, 2.75) is 32.7 Å². The Morgan fingerprint density at radius 2 is 1.86 bits per heavy atom. The summed E-state index contributed by atoms with van der Waals surface area (Å²) in [6.45, 7) is 7.04. The van der Waals surface area contributed by atoms with E-state index >= 15 is 4.39 Å². The highest BCUT2D eigenvalue weighted by Gasteiger charge is 2.32. The predicted molar refractivity (Wildman–Crippen MR) is 108 cm³/mol. The second kappa shape index (κ2) is 7.26. The number of pyridine rings is 1. The summed E-state index contributed by atoms with van der Waals surface area (Å²) >= 11 is 0. The van der Waals surface area contributed by atoms with E-state index in [9.17, 15) is 19.5 Å². The van der Waals surface area contributed by atoms with Crippen LogP contribution < -0.4 is 10.3 Å². The first kappa shape index (κ1) is 19.6. The van der Waals surface area contributed by atoms with Gasteiger partial charge in [-0.1, -0.05) is 6.92 Å². The number of ketones is 1. The molecule has 1 N–H and O–H groups in total. The Morgan fingerprint density at radius 1 is 1.21 bits per heavy atom. The van der Waals surface area contributed by atoms with Crippen LogP contribution in [0.5, 0.6) is 0 Å². The van der Waals surface area contributed by atoms with Gasteiger partial charge in [-0.2, -0.15) is 0 Å². The third kappa shape index (κ3) is 3.31. The zero-order valence-corrected chi connectivity index (χ0v) is 16.6. The van der Waals surface area contributed by atoms with Gasteiger partial charge in [-0.15, -0.1) is 0 Å². The van der Waals surface area contributed by atoms with Crippen molar-refractivity contribution in [2.75, 3.05) is 37.6 Å². The molecule has 1 aliphatic carbocycles. The Morgan fingerprint density at radius 3 is 2.38 bits per heavy atom. The normalized spacial score (nSPS) is 17.7. The van der Waals surface area contributed by atoms with Crippen molar-refractivity contribution in [1.29, 1.82) is 0 Å². The van der Waals surface area contributed by atoms with Crippen LogP contribution >= 0.6 is 0 Å². The summed E-state index contributed by atoms with van der Waals surface area (Å²) in [6, 6.07) is 1.13. The molecule has 8 heteroatoms. The molecular weight excluding hydrogens is 377 g/mol. The van der Waals surface area contributed by atoms with Gasteiger partial charge in [-0.3, -0.25) is 9.59 Å². The number of carboxylic acid groups (broad SMARTS) is 1. The Kier molecular flexibility index (Phi) is 4.90. The number of piperazine rings is 1. The van der Waals surface area contributed by atoms with Crippen molar-refractivity contribution in [2.24, 2.45) is 0 Å². The molecule has 7 nitrogen and oxygen atoms in total. The highest BCUT2D eigenvalue weighted by Crippen LogP contribution is 2.40. The lowest BCUT2D eigenvalue weighted by molar-refractivity contribution is 0.0694. The molecule has 1 saturated heterocycles. The molecule has 1 saturated carbocycles. The number of aromatic carboxylic acids is 1. The maximum atomic E-state index is 15.3. The van der Waals surface area contributed by atoms with Crippen LogP contribution in [-0.2, 0) is 0 Å². The van der Waals surface area contributed by atoms with Gasteiger partial charge in [-0.25, -0.2) is 9.18 Å². The van der Waals surface area contributed by atoms with E-state index < -0.39 is 22.8 Å². The third-order valence-electron chi connectivity index (χ3n) is 5.90. The fraction of sp³-hybridized carbons (Fsp3) is 0.476. The Labute approximate surface area is 167 Å². The van der Waals surface area contributed by atoms with Crippen molar-refractivity contribution in [1.82, 2.24) is 9.47 Å². The summed E-state index contributed by atoms with van der Waals surface area (Å²) in [5, 5.41) is 9.37. The largest absolute Gasteiger partial charge is 0.477 e. The van der Waals surface area contributed by atoms with Gasteiger partial charge in [0.2, 0.25) is 5.43 Å². The van der Waals surface area contributed by atoms with Crippen LogP contribution in [0.25, 0.3) is 10.9 Å². The standard InChI is InChI=1S/C21H24FN3O4/c1-3-23-6-8-24(9-7-23)19-16(22)10-14-18(17(19)12(2)26)25(13-4-5-13)11-15(20(14)27)21(28)29/h10-11,13H,3-9H2,1-2H3,(H,28,29). The number of fused-ring (bicyclic) bond motifs is 1. The van der Waals surface area contributed by atoms with Crippen molar-refractivity contribution in [3.63, 3.8) is 0 Å².